The van der Waals surface area contributed by atoms with Crippen LogP contribution in [0.15, 0.2) is 36.4 Å². The Balaban J connectivity index is 1.66. The van der Waals surface area contributed by atoms with Crippen molar-refractivity contribution in [1.29, 1.82) is 0 Å². The van der Waals surface area contributed by atoms with Crippen molar-refractivity contribution in [3.8, 4) is 11.5 Å². The molecule has 1 saturated heterocycles. The molecule has 2 aromatic rings. The summed E-state index contributed by atoms with van der Waals surface area (Å²) in [6.07, 6.45) is 0.219. The Hall–Kier alpha value is -2.93. The van der Waals surface area contributed by atoms with Crippen LogP contribution >= 0.6 is 11.6 Å². The van der Waals surface area contributed by atoms with E-state index in [1.54, 1.807) is 49.5 Å². The highest BCUT2D eigenvalue weighted by Gasteiger charge is 2.32. The van der Waals surface area contributed by atoms with E-state index in [4.69, 9.17) is 21.1 Å². The van der Waals surface area contributed by atoms with Crippen LogP contribution in [0.1, 0.15) is 12.0 Å². The molecule has 7 nitrogen and oxygen atoms in total. The molecule has 2 N–H and O–H groups in total. The summed E-state index contributed by atoms with van der Waals surface area (Å²) in [4.78, 5) is 26.4. The van der Waals surface area contributed by atoms with Crippen LogP contribution in [-0.4, -0.2) is 38.7 Å². The Kier molecular flexibility index (Phi) is 5.94. The van der Waals surface area contributed by atoms with Crippen molar-refractivity contribution in [1.82, 2.24) is 5.32 Å². The monoisotopic (exact) mass is 403 g/mol. The fourth-order valence-electron chi connectivity index (χ4n) is 3.12. The molecule has 3 amide bonds. The maximum atomic E-state index is 12.4. The summed E-state index contributed by atoms with van der Waals surface area (Å²) in [5, 5.41) is 6.16. The molecule has 2 aromatic carbocycles. The molecular formula is C20H22ClN3O4. The van der Waals surface area contributed by atoms with Gasteiger partial charge in [-0.1, -0.05) is 17.7 Å². The van der Waals surface area contributed by atoms with Gasteiger partial charge in [-0.15, -0.1) is 0 Å². The van der Waals surface area contributed by atoms with E-state index in [0.29, 0.717) is 34.4 Å². The lowest BCUT2D eigenvalue weighted by Crippen LogP contribution is -2.39. The summed E-state index contributed by atoms with van der Waals surface area (Å²) < 4.78 is 10.5. The number of methoxy groups -OCH3 is 2. The van der Waals surface area contributed by atoms with E-state index < -0.39 is 0 Å². The summed E-state index contributed by atoms with van der Waals surface area (Å²) in [5.41, 5.74) is 2.22. The summed E-state index contributed by atoms with van der Waals surface area (Å²) in [5.74, 6) is 1.05. The lowest BCUT2D eigenvalue weighted by Gasteiger charge is -2.19. The normalized spacial score (nSPS) is 16.1. The van der Waals surface area contributed by atoms with Crippen molar-refractivity contribution in [3.05, 3.63) is 47.0 Å². The second-order valence-electron chi connectivity index (χ2n) is 6.50. The molecule has 8 heteroatoms. The van der Waals surface area contributed by atoms with E-state index >= 15 is 0 Å². The third kappa shape index (κ3) is 4.31. The minimum Gasteiger partial charge on any atom is -0.493 e. The van der Waals surface area contributed by atoms with Gasteiger partial charge in [0.1, 0.15) is 0 Å². The number of urea groups is 1. The molecule has 0 radical (unpaired) electrons. The first-order chi connectivity index (χ1) is 13.4. The fourth-order valence-corrected chi connectivity index (χ4v) is 3.29. The number of anilines is 2. The van der Waals surface area contributed by atoms with Gasteiger partial charge in [-0.25, -0.2) is 4.79 Å². The van der Waals surface area contributed by atoms with Crippen LogP contribution in [0.2, 0.25) is 5.02 Å². The number of amides is 3. The lowest BCUT2D eigenvalue weighted by atomic mass is 10.2. The molecule has 148 valence electrons. The van der Waals surface area contributed by atoms with Gasteiger partial charge < -0.3 is 25.0 Å². The number of carbonyl (C=O) groups excluding carboxylic acids is 2. The first-order valence-corrected chi connectivity index (χ1v) is 9.15. The summed E-state index contributed by atoms with van der Waals surface area (Å²) in [6.45, 7) is 2.25. The third-order valence-corrected chi connectivity index (χ3v) is 4.82. The molecule has 1 aliphatic heterocycles. The largest absolute Gasteiger partial charge is 0.493 e. The lowest BCUT2D eigenvalue weighted by molar-refractivity contribution is -0.117. The van der Waals surface area contributed by atoms with Crippen molar-refractivity contribution in [2.75, 3.05) is 31.0 Å². The van der Waals surface area contributed by atoms with Gasteiger partial charge >= 0.3 is 6.03 Å². The van der Waals surface area contributed by atoms with Gasteiger partial charge in [0.25, 0.3) is 0 Å². The number of benzene rings is 2. The van der Waals surface area contributed by atoms with E-state index in [1.165, 1.54) is 0 Å². The van der Waals surface area contributed by atoms with Gasteiger partial charge in [0.05, 0.1) is 20.3 Å². The summed E-state index contributed by atoms with van der Waals surface area (Å²) in [6, 6.07) is 9.87. The van der Waals surface area contributed by atoms with Crippen LogP contribution in [0.3, 0.4) is 0 Å². The zero-order valence-corrected chi connectivity index (χ0v) is 16.7. The van der Waals surface area contributed by atoms with Crippen molar-refractivity contribution in [3.63, 3.8) is 0 Å². The Morgan fingerprint density at radius 1 is 1.14 bits per heavy atom. The number of nitrogens with one attached hydrogen (secondary N) is 2. The standard InChI is InChI=1S/C20H22ClN3O4/c1-12-4-5-13(21)8-16(12)23-20(26)22-14-9-19(25)24(11-14)15-6-7-17(27-2)18(10-15)28-3/h4-8,10,14H,9,11H2,1-3H3,(H2,22,23,26)/t14-/m0/s1. The molecule has 0 spiro atoms. The maximum absolute atomic E-state index is 12.4. The molecule has 0 aromatic heterocycles. The van der Waals surface area contributed by atoms with Crippen LogP contribution in [0.5, 0.6) is 11.5 Å². The number of rotatable bonds is 5. The van der Waals surface area contributed by atoms with Gasteiger partial charge in [0, 0.05) is 35.4 Å². The summed E-state index contributed by atoms with van der Waals surface area (Å²) in [7, 11) is 3.10. The molecule has 1 heterocycles. The van der Waals surface area contributed by atoms with Crippen LogP contribution < -0.4 is 25.0 Å². The van der Waals surface area contributed by atoms with Gasteiger partial charge in [-0.3, -0.25) is 4.79 Å². The predicted molar refractivity (Wildman–Crippen MR) is 109 cm³/mol. The molecule has 0 unspecified atom stereocenters. The second kappa shape index (κ2) is 8.39. The molecule has 0 aliphatic carbocycles. The highest BCUT2D eigenvalue weighted by atomic mass is 35.5. The predicted octanol–water partition coefficient (Wildman–Crippen LogP) is 3.59. The molecule has 3 rings (SSSR count). The van der Waals surface area contributed by atoms with Gasteiger partial charge in [-0.2, -0.15) is 0 Å². The van der Waals surface area contributed by atoms with E-state index in [1.807, 2.05) is 13.0 Å². The van der Waals surface area contributed by atoms with Crippen LogP contribution in [0, 0.1) is 6.92 Å². The van der Waals surface area contributed by atoms with Crippen LogP contribution in [-0.2, 0) is 4.79 Å². The molecule has 1 fully saturated rings. The number of nitrogens with zero attached hydrogens (tertiary/aromatic N) is 1. The van der Waals surface area contributed by atoms with Crippen LogP contribution in [0.25, 0.3) is 0 Å². The SMILES string of the molecule is COc1ccc(N2C[C@@H](NC(=O)Nc3cc(Cl)ccc3C)CC2=O)cc1OC. The quantitative estimate of drug-likeness (QED) is 0.799. The van der Waals surface area contributed by atoms with Crippen molar-refractivity contribution < 1.29 is 19.1 Å². The van der Waals surface area contributed by atoms with Crippen LogP contribution in [0.4, 0.5) is 16.2 Å². The average molecular weight is 404 g/mol. The van der Waals surface area contributed by atoms with E-state index in [2.05, 4.69) is 10.6 Å². The maximum Gasteiger partial charge on any atom is 0.319 e. The number of hydrogen-bond donors (Lipinski definition) is 2. The van der Waals surface area contributed by atoms with Crippen molar-refractivity contribution in [2.24, 2.45) is 0 Å². The number of halogens is 1. The molecule has 28 heavy (non-hydrogen) atoms. The number of ether oxygens (including phenoxy) is 2. The molecule has 0 bridgehead atoms. The van der Waals surface area contributed by atoms with E-state index in [9.17, 15) is 9.59 Å². The fraction of sp³-hybridized carbons (Fsp3) is 0.300. The minimum absolute atomic E-state index is 0.0727. The molecule has 0 saturated carbocycles. The second-order valence-corrected chi connectivity index (χ2v) is 6.94. The van der Waals surface area contributed by atoms with Crippen molar-refractivity contribution in [2.45, 2.75) is 19.4 Å². The van der Waals surface area contributed by atoms with E-state index in [0.717, 1.165) is 5.56 Å². The van der Waals surface area contributed by atoms with Gasteiger partial charge in [-0.05, 0) is 36.8 Å². The number of hydrogen-bond acceptors (Lipinski definition) is 4. The first kappa shape index (κ1) is 19.8. The highest BCUT2D eigenvalue weighted by molar-refractivity contribution is 6.31. The number of aryl methyl sites for hydroxylation is 1. The first-order valence-electron chi connectivity index (χ1n) is 8.77. The molecule has 1 atom stereocenters. The highest BCUT2D eigenvalue weighted by Crippen LogP contribution is 2.33. The Morgan fingerprint density at radius 2 is 1.89 bits per heavy atom. The summed E-state index contributed by atoms with van der Waals surface area (Å²) >= 11 is 5.98. The zero-order chi connectivity index (χ0) is 20.3. The zero-order valence-electron chi connectivity index (χ0n) is 15.9. The molecular weight excluding hydrogens is 382 g/mol. The Labute approximate surface area is 168 Å². The third-order valence-electron chi connectivity index (χ3n) is 4.59. The van der Waals surface area contributed by atoms with Gasteiger partial charge in [0.2, 0.25) is 5.91 Å². The Bertz CT molecular complexity index is 903. The molecule has 1 aliphatic rings. The topological polar surface area (TPSA) is 79.9 Å². The minimum atomic E-state index is -0.377. The van der Waals surface area contributed by atoms with Gasteiger partial charge in [0.15, 0.2) is 11.5 Å². The van der Waals surface area contributed by atoms with E-state index in [-0.39, 0.29) is 24.4 Å². The average Bonchev–Trinajstić information content (AvgIpc) is 3.04. The Morgan fingerprint density at radius 3 is 2.61 bits per heavy atom. The smallest absolute Gasteiger partial charge is 0.319 e. The van der Waals surface area contributed by atoms with Crippen molar-refractivity contribution >= 4 is 34.9 Å². The number of carbonyl (C=O) groups is 2.